The fourth-order valence-corrected chi connectivity index (χ4v) is 3.19. The lowest BCUT2D eigenvalue weighted by molar-refractivity contribution is 0.636. The highest BCUT2D eigenvalue weighted by molar-refractivity contribution is 7.80. The van der Waals surface area contributed by atoms with Gasteiger partial charge in [0.15, 0.2) is 5.82 Å². The molecular formula is C21H22FN5S. The molecule has 0 atom stereocenters. The van der Waals surface area contributed by atoms with Crippen molar-refractivity contribution in [2.75, 3.05) is 11.5 Å². The van der Waals surface area contributed by atoms with E-state index in [2.05, 4.69) is 48.6 Å². The Morgan fingerprint density at radius 1 is 1.00 bits per heavy atom. The second-order valence-corrected chi connectivity index (χ2v) is 7.10. The molecule has 2 aromatic heterocycles. The molecular weight excluding hydrogens is 373 g/mol. The third-order valence-electron chi connectivity index (χ3n) is 4.59. The van der Waals surface area contributed by atoms with Crippen LogP contribution in [0.5, 0.6) is 0 Å². The highest BCUT2D eigenvalue weighted by atomic mass is 32.1. The lowest BCUT2D eigenvalue weighted by atomic mass is 10.0. The number of hydrogen-bond donors (Lipinski definition) is 3. The van der Waals surface area contributed by atoms with Gasteiger partial charge in [-0.15, -0.1) is 12.6 Å². The van der Waals surface area contributed by atoms with E-state index in [1.54, 1.807) is 22.9 Å². The highest BCUT2D eigenvalue weighted by Gasteiger charge is 2.17. The molecule has 0 aliphatic carbocycles. The van der Waals surface area contributed by atoms with Gasteiger partial charge in [-0.1, -0.05) is 18.2 Å². The summed E-state index contributed by atoms with van der Waals surface area (Å²) in [5.74, 6) is -0.138. The fourth-order valence-electron chi connectivity index (χ4n) is 2.92. The molecule has 0 spiro atoms. The van der Waals surface area contributed by atoms with Crippen molar-refractivity contribution < 1.29 is 4.39 Å². The molecule has 0 aliphatic rings. The number of hydrogen-bond acceptors (Lipinski definition) is 5. The fraction of sp³-hybridized carbons (Fsp3) is 0.143. The molecule has 0 aliphatic heterocycles. The van der Waals surface area contributed by atoms with Crippen molar-refractivity contribution in [3.63, 3.8) is 0 Å². The molecule has 2 aromatic carbocycles. The minimum Gasteiger partial charge on any atom is -0.396 e. The lowest BCUT2D eigenvalue weighted by Crippen LogP contribution is -1.95. The van der Waals surface area contributed by atoms with Gasteiger partial charge in [-0.3, -0.25) is 0 Å². The average molecular weight is 396 g/mol. The molecule has 0 saturated carbocycles. The number of fused-ring (bicyclic) bond motifs is 1. The minimum atomic E-state index is -0.460. The first-order valence-corrected chi connectivity index (χ1v) is 9.10. The van der Waals surface area contributed by atoms with E-state index in [1.165, 1.54) is 23.5 Å². The number of aryl methyl sites for hydroxylation is 3. The number of halogens is 1. The van der Waals surface area contributed by atoms with Gasteiger partial charge in [0, 0.05) is 29.3 Å². The molecule has 4 N–H and O–H groups in total. The number of nitrogens with two attached hydrogens (primary N) is 2. The molecule has 144 valence electrons. The van der Waals surface area contributed by atoms with Crippen LogP contribution in [-0.2, 0) is 7.05 Å². The molecule has 0 fully saturated rings. The van der Waals surface area contributed by atoms with Crippen molar-refractivity contribution in [1.82, 2.24) is 14.5 Å². The second-order valence-electron chi connectivity index (χ2n) is 6.59. The average Bonchev–Trinajstić information content (AvgIpc) is 2.99. The standard InChI is InChI=1S/C13H12FN5.C8H10S/c1-19-5-8(7-3-2-4-9(15)11(7)14)10-12(16)17-6-18-13(10)19;1-6-3-4-8(9)5-7(6)2/h2-6H,15H2,1H3,(H2,16,17,18);3-5,9H,1-2H3. The smallest absolute Gasteiger partial charge is 0.153 e. The van der Waals surface area contributed by atoms with Crippen LogP contribution >= 0.6 is 12.6 Å². The molecule has 28 heavy (non-hydrogen) atoms. The Labute approximate surface area is 168 Å². The highest BCUT2D eigenvalue weighted by Crippen LogP contribution is 2.34. The summed E-state index contributed by atoms with van der Waals surface area (Å²) < 4.78 is 15.9. The van der Waals surface area contributed by atoms with Gasteiger partial charge in [-0.25, -0.2) is 14.4 Å². The molecule has 7 heteroatoms. The van der Waals surface area contributed by atoms with Gasteiger partial charge in [0.25, 0.3) is 0 Å². The number of nitrogens with zero attached hydrogens (tertiary/aromatic N) is 3. The van der Waals surface area contributed by atoms with Gasteiger partial charge in [-0.05, 0) is 43.2 Å². The third-order valence-corrected chi connectivity index (χ3v) is 4.87. The Morgan fingerprint density at radius 2 is 1.75 bits per heavy atom. The largest absolute Gasteiger partial charge is 0.396 e. The first-order chi connectivity index (χ1) is 13.3. The number of aromatic nitrogens is 3. The molecule has 2 heterocycles. The van der Waals surface area contributed by atoms with Gasteiger partial charge < -0.3 is 16.0 Å². The van der Waals surface area contributed by atoms with Crippen LogP contribution in [0.2, 0.25) is 0 Å². The zero-order chi connectivity index (χ0) is 20.4. The minimum absolute atomic E-state index is 0.102. The molecule has 4 aromatic rings. The van der Waals surface area contributed by atoms with Crippen molar-refractivity contribution >= 4 is 35.2 Å². The summed E-state index contributed by atoms with van der Waals surface area (Å²) in [5, 5.41) is 0.634. The zero-order valence-electron chi connectivity index (χ0n) is 15.9. The molecule has 5 nitrogen and oxygen atoms in total. The molecule has 0 bridgehead atoms. The maximum atomic E-state index is 14.1. The van der Waals surface area contributed by atoms with E-state index in [4.69, 9.17) is 11.5 Å². The number of benzene rings is 2. The SMILES string of the molecule is Cc1ccc(S)cc1C.Cn1cc(-c2cccc(N)c2F)c2c(N)ncnc21. The van der Waals surface area contributed by atoms with Crippen LogP contribution in [0.1, 0.15) is 11.1 Å². The van der Waals surface area contributed by atoms with E-state index in [0.29, 0.717) is 28.0 Å². The summed E-state index contributed by atoms with van der Waals surface area (Å²) in [6.45, 7) is 4.19. The number of thiol groups is 1. The van der Waals surface area contributed by atoms with Crippen LogP contribution in [0.15, 0.2) is 53.8 Å². The summed E-state index contributed by atoms with van der Waals surface area (Å²) in [5.41, 5.74) is 15.9. The summed E-state index contributed by atoms with van der Waals surface area (Å²) in [4.78, 5) is 9.16. The van der Waals surface area contributed by atoms with Crippen LogP contribution in [-0.4, -0.2) is 14.5 Å². The van der Waals surface area contributed by atoms with Crippen LogP contribution in [0, 0.1) is 19.7 Å². The lowest BCUT2D eigenvalue weighted by Gasteiger charge is -2.04. The first-order valence-electron chi connectivity index (χ1n) is 8.65. The van der Waals surface area contributed by atoms with Crippen molar-refractivity contribution in [2.45, 2.75) is 18.7 Å². The number of rotatable bonds is 1. The van der Waals surface area contributed by atoms with Crippen LogP contribution in [0.25, 0.3) is 22.2 Å². The Balaban J connectivity index is 0.000000211. The molecule has 0 unspecified atom stereocenters. The Bertz CT molecular complexity index is 1150. The predicted molar refractivity (Wildman–Crippen MR) is 116 cm³/mol. The summed E-state index contributed by atoms with van der Waals surface area (Å²) >= 11 is 4.20. The summed E-state index contributed by atoms with van der Waals surface area (Å²) in [6.07, 6.45) is 3.16. The van der Waals surface area contributed by atoms with Crippen molar-refractivity contribution in [3.8, 4) is 11.1 Å². The monoisotopic (exact) mass is 395 g/mol. The zero-order valence-corrected chi connectivity index (χ0v) is 16.8. The molecule has 0 amide bonds. The van der Waals surface area contributed by atoms with Gasteiger partial charge in [0.2, 0.25) is 0 Å². The van der Waals surface area contributed by atoms with E-state index in [1.807, 2.05) is 13.1 Å². The van der Waals surface area contributed by atoms with E-state index in [0.717, 1.165) is 4.90 Å². The molecule has 0 radical (unpaired) electrons. The quantitative estimate of drug-likeness (QED) is 0.327. The van der Waals surface area contributed by atoms with E-state index in [9.17, 15) is 4.39 Å². The predicted octanol–water partition coefficient (Wildman–Crippen LogP) is 4.53. The normalized spacial score (nSPS) is 10.6. The van der Waals surface area contributed by atoms with Crippen molar-refractivity contribution in [3.05, 3.63) is 65.9 Å². The van der Waals surface area contributed by atoms with Crippen LogP contribution in [0.4, 0.5) is 15.9 Å². The van der Waals surface area contributed by atoms with Crippen LogP contribution < -0.4 is 11.5 Å². The Hall–Kier alpha value is -3.06. The number of anilines is 2. The van der Waals surface area contributed by atoms with Gasteiger partial charge >= 0.3 is 0 Å². The number of nitrogen functional groups attached to an aromatic ring is 2. The topological polar surface area (TPSA) is 82.8 Å². The van der Waals surface area contributed by atoms with E-state index in [-0.39, 0.29) is 5.69 Å². The Morgan fingerprint density at radius 3 is 2.43 bits per heavy atom. The maximum absolute atomic E-state index is 14.1. The first kappa shape index (κ1) is 19.7. The maximum Gasteiger partial charge on any atom is 0.153 e. The summed E-state index contributed by atoms with van der Waals surface area (Å²) in [6, 6.07) is 11.0. The summed E-state index contributed by atoms with van der Waals surface area (Å²) in [7, 11) is 1.82. The third kappa shape index (κ3) is 3.80. The van der Waals surface area contributed by atoms with Crippen molar-refractivity contribution in [1.29, 1.82) is 0 Å². The van der Waals surface area contributed by atoms with E-state index >= 15 is 0 Å². The van der Waals surface area contributed by atoms with Gasteiger partial charge in [-0.2, -0.15) is 0 Å². The molecule has 0 saturated heterocycles. The van der Waals surface area contributed by atoms with Gasteiger partial charge in [0.1, 0.15) is 17.8 Å². The van der Waals surface area contributed by atoms with Crippen molar-refractivity contribution in [2.24, 2.45) is 7.05 Å². The second kappa shape index (κ2) is 7.90. The van der Waals surface area contributed by atoms with Crippen LogP contribution in [0.3, 0.4) is 0 Å². The van der Waals surface area contributed by atoms with Gasteiger partial charge in [0.05, 0.1) is 11.1 Å². The van der Waals surface area contributed by atoms with E-state index < -0.39 is 5.82 Å². The Kier molecular flexibility index (Phi) is 5.56. The molecule has 4 rings (SSSR count).